The Morgan fingerprint density at radius 3 is 2.79 bits per heavy atom. The molecule has 0 bridgehead atoms. The lowest BCUT2D eigenvalue weighted by molar-refractivity contribution is -0.384. The van der Waals surface area contributed by atoms with Gasteiger partial charge in [-0.25, -0.2) is 0 Å². The van der Waals surface area contributed by atoms with Gasteiger partial charge in [-0.3, -0.25) is 14.9 Å². The van der Waals surface area contributed by atoms with Gasteiger partial charge in [0.25, 0.3) is 11.6 Å². The van der Waals surface area contributed by atoms with Crippen LogP contribution in [0.15, 0.2) is 34.9 Å². The molecule has 0 saturated carbocycles. The van der Waals surface area contributed by atoms with Crippen LogP contribution in [0, 0.1) is 28.4 Å². The molecule has 0 radical (unpaired) electrons. The summed E-state index contributed by atoms with van der Waals surface area (Å²) in [5, 5.41) is 25.5. The van der Waals surface area contributed by atoms with Gasteiger partial charge in [0.05, 0.1) is 22.4 Å². The quantitative estimate of drug-likeness (QED) is 0.458. The Labute approximate surface area is 138 Å². The third-order valence-corrected chi connectivity index (χ3v) is 3.36. The third kappa shape index (κ3) is 4.10. The van der Waals surface area contributed by atoms with Gasteiger partial charge >= 0.3 is 0 Å². The molecule has 1 aromatic carbocycles. The Kier molecular flexibility index (Phi) is 5.52. The number of non-ortho nitro benzene ring substituents is 1. The second kappa shape index (κ2) is 7.78. The summed E-state index contributed by atoms with van der Waals surface area (Å²) in [7, 11) is 0. The molecule has 2 rings (SSSR count). The number of carbonyl (C=O) groups excluding carboxylic acids is 1. The van der Waals surface area contributed by atoms with Crippen LogP contribution in [0.5, 0.6) is 0 Å². The van der Waals surface area contributed by atoms with E-state index in [4.69, 9.17) is 9.68 Å². The first kappa shape index (κ1) is 17.0. The van der Waals surface area contributed by atoms with E-state index in [-0.39, 0.29) is 17.2 Å². The molecule has 2 N–H and O–H groups in total. The minimum Gasteiger partial charge on any atom is -0.459 e. The molecular formula is C16H16N4O4. The topological polar surface area (TPSA) is 121 Å². The van der Waals surface area contributed by atoms with E-state index in [0.717, 1.165) is 5.56 Å². The molecule has 0 atom stereocenters. The number of furan rings is 1. The summed E-state index contributed by atoms with van der Waals surface area (Å²) in [6.45, 7) is 2.72. The maximum Gasteiger partial charge on any atom is 0.287 e. The summed E-state index contributed by atoms with van der Waals surface area (Å²) in [4.78, 5) is 22.0. The van der Waals surface area contributed by atoms with Crippen LogP contribution in [-0.2, 0) is 0 Å². The van der Waals surface area contributed by atoms with Crippen molar-refractivity contribution >= 4 is 17.3 Å². The molecule has 24 heavy (non-hydrogen) atoms. The molecule has 1 heterocycles. The lowest BCUT2D eigenvalue weighted by atomic mass is 10.1. The van der Waals surface area contributed by atoms with Crippen molar-refractivity contribution in [3.8, 4) is 6.07 Å². The predicted octanol–water partition coefficient (Wildman–Crippen LogP) is 2.60. The van der Waals surface area contributed by atoms with E-state index < -0.39 is 4.92 Å². The van der Waals surface area contributed by atoms with Gasteiger partial charge in [-0.1, -0.05) is 0 Å². The fraction of sp³-hybridized carbons (Fsp3) is 0.250. The van der Waals surface area contributed by atoms with E-state index in [1.807, 2.05) is 6.07 Å². The predicted molar refractivity (Wildman–Crippen MR) is 86.7 cm³/mol. The number of amides is 1. The molecule has 1 amide bonds. The van der Waals surface area contributed by atoms with Crippen LogP contribution in [0.4, 0.5) is 11.4 Å². The standard InChI is InChI=1S/C16H16N4O4/c1-11-5-8-24-15(11)16(21)19-7-2-6-18-14-4-3-13(20(22)23)9-12(14)10-17/h3-5,8-9,18H,2,6-7H2,1H3,(H,19,21). The number of nitro benzene ring substituents is 1. The Morgan fingerprint density at radius 2 is 2.17 bits per heavy atom. The van der Waals surface area contributed by atoms with Crippen LogP contribution in [-0.4, -0.2) is 23.9 Å². The first-order chi connectivity index (χ1) is 11.5. The minimum absolute atomic E-state index is 0.127. The van der Waals surface area contributed by atoms with Crippen LogP contribution in [0.1, 0.15) is 28.1 Å². The molecule has 0 aliphatic carbocycles. The van der Waals surface area contributed by atoms with E-state index in [1.165, 1.54) is 24.5 Å². The fourth-order valence-electron chi connectivity index (χ4n) is 2.09. The zero-order valence-corrected chi connectivity index (χ0v) is 13.0. The summed E-state index contributed by atoms with van der Waals surface area (Å²) in [6, 6.07) is 7.71. The van der Waals surface area contributed by atoms with Gasteiger partial charge in [-0.05, 0) is 25.5 Å². The first-order valence-electron chi connectivity index (χ1n) is 7.27. The number of carbonyl (C=O) groups is 1. The fourth-order valence-corrected chi connectivity index (χ4v) is 2.09. The molecule has 0 fully saturated rings. The van der Waals surface area contributed by atoms with Gasteiger partial charge < -0.3 is 15.1 Å². The lowest BCUT2D eigenvalue weighted by Crippen LogP contribution is -2.26. The Hall–Kier alpha value is -3.34. The number of nitrogens with one attached hydrogen (secondary N) is 2. The smallest absolute Gasteiger partial charge is 0.287 e. The number of nitrogens with zero attached hydrogens (tertiary/aromatic N) is 2. The minimum atomic E-state index is -0.545. The number of nitriles is 1. The highest BCUT2D eigenvalue weighted by atomic mass is 16.6. The number of hydrogen-bond donors (Lipinski definition) is 2. The Balaban J connectivity index is 1.80. The van der Waals surface area contributed by atoms with Crippen LogP contribution in [0.2, 0.25) is 0 Å². The molecule has 8 heteroatoms. The van der Waals surface area contributed by atoms with E-state index >= 15 is 0 Å². The van der Waals surface area contributed by atoms with E-state index in [0.29, 0.717) is 31.0 Å². The second-order valence-electron chi connectivity index (χ2n) is 5.07. The summed E-state index contributed by atoms with van der Waals surface area (Å²) in [5.74, 6) is 0.0237. The summed E-state index contributed by atoms with van der Waals surface area (Å²) in [6.07, 6.45) is 2.08. The highest BCUT2D eigenvalue weighted by Crippen LogP contribution is 2.21. The van der Waals surface area contributed by atoms with Crippen molar-refractivity contribution in [2.24, 2.45) is 0 Å². The van der Waals surface area contributed by atoms with Crippen molar-refractivity contribution in [3.05, 3.63) is 57.5 Å². The normalized spacial score (nSPS) is 10.0. The lowest BCUT2D eigenvalue weighted by Gasteiger charge is -2.08. The average molecular weight is 328 g/mol. The van der Waals surface area contributed by atoms with Gasteiger partial charge in [0.1, 0.15) is 6.07 Å². The molecule has 0 unspecified atom stereocenters. The molecule has 2 aromatic rings. The van der Waals surface area contributed by atoms with E-state index in [2.05, 4.69) is 10.6 Å². The Bertz CT molecular complexity index is 792. The monoisotopic (exact) mass is 328 g/mol. The number of aryl methyl sites for hydroxylation is 1. The SMILES string of the molecule is Cc1ccoc1C(=O)NCCCNc1ccc([N+](=O)[O-])cc1C#N. The maximum absolute atomic E-state index is 11.8. The number of benzene rings is 1. The number of hydrogen-bond acceptors (Lipinski definition) is 6. The summed E-state index contributed by atoms with van der Waals surface area (Å²) < 4.78 is 5.09. The number of rotatable bonds is 7. The van der Waals surface area contributed by atoms with Crippen molar-refractivity contribution < 1.29 is 14.1 Å². The molecule has 0 aliphatic heterocycles. The highest BCUT2D eigenvalue weighted by molar-refractivity contribution is 5.92. The number of nitro groups is 1. The second-order valence-corrected chi connectivity index (χ2v) is 5.07. The Morgan fingerprint density at radius 1 is 1.38 bits per heavy atom. The van der Waals surface area contributed by atoms with Gasteiger partial charge in [0.15, 0.2) is 5.76 Å². The van der Waals surface area contributed by atoms with E-state index in [1.54, 1.807) is 13.0 Å². The van der Waals surface area contributed by atoms with Gasteiger partial charge in [-0.15, -0.1) is 0 Å². The molecule has 8 nitrogen and oxygen atoms in total. The molecule has 0 aliphatic rings. The van der Waals surface area contributed by atoms with Crippen molar-refractivity contribution in [2.75, 3.05) is 18.4 Å². The van der Waals surface area contributed by atoms with Gasteiger partial charge in [0.2, 0.25) is 0 Å². The highest BCUT2D eigenvalue weighted by Gasteiger charge is 2.12. The largest absolute Gasteiger partial charge is 0.459 e. The first-order valence-corrected chi connectivity index (χ1v) is 7.27. The molecular weight excluding hydrogens is 312 g/mol. The summed E-state index contributed by atoms with van der Waals surface area (Å²) in [5.41, 5.74) is 1.38. The third-order valence-electron chi connectivity index (χ3n) is 3.36. The van der Waals surface area contributed by atoms with Crippen molar-refractivity contribution in [2.45, 2.75) is 13.3 Å². The van der Waals surface area contributed by atoms with Gasteiger partial charge in [0, 0.05) is 30.8 Å². The van der Waals surface area contributed by atoms with Crippen LogP contribution in [0.25, 0.3) is 0 Å². The molecule has 1 aromatic heterocycles. The summed E-state index contributed by atoms with van der Waals surface area (Å²) >= 11 is 0. The van der Waals surface area contributed by atoms with Crippen molar-refractivity contribution in [1.29, 1.82) is 5.26 Å². The van der Waals surface area contributed by atoms with Gasteiger partial charge in [-0.2, -0.15) is 5.26 Å². The van der Waals surface area contributed by atoms with E-state index in [9.17, 15) is 14.9 Å². The molecule has 0 spiro atoms. The van der Waals surface area contributed by atoms with Crippen LogP contribution >= 0.6 is 0 Å². The van der Waals surface area contributed by atoms with Crippen LogP contribution in [0.3, 0.4) is 0 Å². The molecule has 0 saturated heterocycles. The zero-order valence-electron chi connectivity index (χ0n) is 13.0. The average Bonchev–Trinajstić information content (AvgIpc) is 3.00. The molecule has 124 valence electrons. The number of anilines is 1. The van der Waals surface area contributed by atoms with Crippen molar-refractivity contribution in [3.63, 3.8) is 0 Å². The maximum atomic E-state index is 11.8. The van der Waals surface area contributed by atoms with Crippen molar-refractivity contribution in [1.82, 2.24) is 5.32 Å². The van der Waals surface area contributed by atoms with Crippen LogP contribution < -0.4 is 10.6 Å². The zero-order chi connectivity index (χ0) is 17.5.